The number of nitrogens with zero attached hydrogens (tertiary/aromatic N) is 2. The molecule has 0 aliphatic rings. The SMILES string of the molecule is C.CCCc1cnc(C/C(=C/CCC(C)C)C(CCC)CCC)nc1. The summed E-state index contributed by atoms with van der Waals surface area (Å²) >= 11 is 0. The van der Waals surface area contributed by atoms with E-state index in [0.29, 0.717) is 5.92 Å². The van der Waals surface area contributed by atoms with Crippen LogP contribution in [0.2, 0.25) is 0 Å². The first-order valence-corrected chi connectivity index (χ1v) is 10.1. The van der Waals surface area contributed by atoms with E-state index in [9.17, 15) is 0 Å². The molecular weight excluding hydrogens is 304 g/mol. The molecule has 0 saturated carbocycles. The molecule has 0 aromatic carbocycles. The van der Waals surface area contributed by atoms with E-state index in [4.69, 9.17) is 0 Å². The van der Waals surface area contributed by atoms with Gasteiger partial charge in [-0.2, -0.15) is 0 Å². The zero-order valence-electron chi connectivity index (χ0n) is 16.6. The predicted molar refractivity (Wildman–Crippen MR) is 112 cm³/mol. The first kappa shape index (κ1) is 23.8. The lowest BCUT2D eigenvalue weighted by molar-refractivity contribution is 0.489. The minimum atomic E-state index is 0. The van der Waals surface area contributed by atoms with Crippen LogP contribution in [0.3, 0.4) is 0 Å². The van der Waals surface area contributed by atoms with Gasteiger partial charge in [0.25, 0.3) is 0 Å². The molecule has 1 aromatic rings. The molecule has 1 heterocycles. The smallest absolute Gasteiger partial charge is 0.132 e. The van der Waals surface area contributed by atoms with E-state index in [1.807, 2.05) is 12.4 Å². The van der Waals surface area contributed by atoms with E-state index >= 15 is 0 Å². The van der Waals surface area contributed by atoms with Crippen LogP contribution in [0.4, 0.5) is 0 Å². The zero-order valence-corrected chi connectivity index (χ0v) is 16.6. The molecule has 0 aliphatic carbocycles. The fraction of sp³-hybridized carbons (Fsp3) is 0.739. The Kier molecular flexibility index (Phi) is 13.4. The van der Waals surface area contributed by atoms with Gasteiger partial charge >= 0.3 is 0 Å². The van der Waals surface area contributed by atoms with Crippen LogP contribution in [0.25, 0.3) is 0 Å². The van der Waals surface area contributed by atoms with Gasteiger partial charge in [0.1, 0.15) is 5.82 Å². The highest BCUT2D eigenvalue weighted by Gasteiger charge is 2.14. The summed E-state index contributed by atoms with van der Waals surface area (Å²) in [5.41, 5.74) is 2.83. The number of hydrogen-bond acceptors (Lipinski definition) is 2. The molecular formula is C23H42N2. The summed E-state index contributed by atoms with van der Waals surface area (Å²) in [6, 6.07) is 0. The largest absolute Gasteiger partial charge is 0.241 e. The standard InChI is InChI=1S/C22H38N2.CH4/c1-6-10-19-16-23-22(24-17-19)15-21(14-9-13-18(4)5)20(11-7-2)12-8-3;/h14,16-18,20H,6-13,15H2,1-5H3;1H4/b21-14-;. The maximum Gasteiger partial charge on any atom is 0.132 e. The van der Waals surface area contributed by atoms with Crippen molar-refractivity contribution in [2.75, 3.05) is 0 Å². The predicted octanol–water partition coefficient (Wildman–Crippen LogP) is 7.19. The molecule has 0 bridgehead atoms. The van der Waals surface area contributed by atoms with E-state index in [1.54, 1.807) is 5.57 Å². The van der Waals surface area contributed by atoms with E-state index in [-0.39, 0.29) is 7.43 Å². The molecule has 0 N–H and O–H groups in total. The quantitative estimate of drug-likeness (QED) is 0.374. The second-order valence-corrected chi connectivity index (χ2v) is 7.46. The normalized spacial score (nSPS) is 11.9. The van der Waals surface area contributed by atoms with Crippen molar-refractivity contribution in [3.05, 3.63) is 35.4 Å². The molecule has 25 heavy (non-hydrogen) atoms. The minimum Gasteiger partial charge on any atom is -0.241 e. The Hall–Kier alpha value is -1.18. The molecule has 144 valence electrons. The van der Waals surface area contributed by atoms with Gasteiger partial charge in [-0.3, -0.25) is 0 Å². The van der Waals surface area contributed by atoms with Gasteiger partial charge in [-0.1, -0.05) is 73.0 Å². The molecule has 0 atom stereocenters. The van der Waals surface area contributed by atoms with Gasteiger partial charge in [0.2, 0.25) is 0 Å². The number of aromatic nitrogens is 2. The van der Waals surface area contributed by atoms with Crippen LogP contribution >= 0.6 is 0 Å². The van der Waals surface area contributed by atoms with Gasteiger partial charge in [0, 0.05) is 18.8 Å². The Balaban J connectivity index is 0.00000576. The van der Waals surface area contributed by atoms with Crippen molar-refractivity contribution in [2.24, 2.45) is 11.8 Å². The van der Waals surface area contributed by atoms with Crippen LogP contribution in [-0.2, 0) is 12.8 Å². The second-order valence-electron chi connectivity index (χ2n) is 7.46. The molecule has 0 radical (unpaired) electrons. The van der Waals surface area contributed by atoms with Crippen molar-refractivity contribution in [1.82, 2.24) is 9.97 Å². The maximum absolute atomic E-state index is 4.63. The highest BCUT2D eigenvalue weighted by Crippen LogP contribution is 2.26. The van der Waals surface area contributed by atoms with E-state index in [2.05, 4.69) is 50.7 Å². The van der Waals surface area contributed by atoms with Gasteiger partial charge in [0.15, 0.2) is 0 Å². The van der Waals surface area contributed by atoms with Crippen LogP contribution in [0.15, 0.2) is 24.0 Å². The molecule has 0 spiro atoms. The second kappa shape index (κ2) is 14.0. The Morgan fingerprint density at radius 1 is 0.960 bits per heavy atom. The van der Waals surface area contributed by atoms with E-state index < -0.39 is 0 Å². The Morgan fingerprint density at radius 2 is 1.56 bits per heavy atom. The highest BCUT2D eigenvalue weighted by atomic mass is 14.9. The number of aryl methyl sites for hydroxylation is 1. The van der Waals surface area contributed by atoms with Gasteiger partial charge in [0.05, 0.1) is 0 Å². The molecule has 1 rings (SSSR count). The topological polar surface area (TPSA) is 25.8 Å². The van der Waals surface area contributed by atoms with Gasteiger partial charge < -0.3 is 0 Å². The zero-order chi connectivity index (χ0) is 17.8. The molecule has 0 saturated heterocycles. The maximum atomic E-state index is 4.63. The summed E-state index contributed by atoms with van der Waals surface area (Å²) in [7, 11) is 0. The van der Waals surface area contributed by atoms with Crippen molar-refractivity contribution < 1.29 is 0 Å². The summed E-state index contributed by atoms with van der Waals surface area (Å²) in [5.74, 6) is 2.46. The molecule has 2 heteroatoms. The average Bonchev–Trinajstić information content (AvgIpc) is 2.55. The van der Waals surface area contributed by atoms with Crippen LogP contribution in [-0.4, -0.2) is 9.97 Å². The molecule has 0 aliphatic heterocycles. The van der Waals surface area contributed by atoms with Crippen LogP contribution < -0.4 is 0 Å². The summed E-state index contributed by atoms with van der Waals surface area (Å²) in [4.78, 5) is 9.26. The Labute approximate surface area is 157 Å². The van der Waals surface area contributed by atoms with Crippen molar-refractivity contribution in [2.45, 2.75) is 99.8 Å². The number of rotatable bonds is 12. The molecule has 0 amide bonds. The summed E-state index contributed by atoms with van der Waals surface area (Å²) in [6.45, 7) is 11.4. The summed E-state index contributed by atoms with van der Waals surface area (Å²) in [6.07, 6.45) is 17.2. The van der Waals surface area contributed by atoms with Crippen molar-refractivity contribution in [3.8, 4) is 0 Å². The third-order valence-corrected chi connectivity index (χ3v) is 4.61. The first-order chi connectivity index (χ1) is 11.6. The van der Waals surface area contributed by atoms with E-state index in [1.165, 1.54) is 44.1 Å². The third-order valence-electron chi connectivity index (χ3n) is 4.61. The average molecular weight is 347 g/mol. The van der Waals surface area contributed by atoms with Crippen molar-refractivity contribution in [3.63, 3.8) is 0 Å². The minimum absolute atomic E-state index is 0. The molecule has 1 aromatic heterocycles. The lowest BCUT2D eigenvalue weighted by Gasteiger charge is -2.20. The van der Waals surface area contributed by atoms with E-state index in [0.717, 1.165) is 31.0 Å². The Morgan fingerprint density at radius 3 is 2.04 bits per heavy atom. The lowest BCUT2D eigenvalue weighted by atomic mass is 9.87. The summed E-state index contributed by atoms with van der Waals surface area (Å²) in [5, 5.41) is 0. The highest BCUT2D eigenvalue weighted by molar-refractivity contribution is 5.15. The monoisotopic (exact) mass is 346 g/mol. The van der Waals surface area contributed by atoms with Crippen LogP contribution in [0, 0.1) is 11.8 Å². The lowest BCUT2D eigenvalue weighted by Crippen LogP contribution is -2.09. The molecule has 2 nitrogen and oxygen atoms in total. The molecule has 0 unspecified atom stereocenters. The Bertz CT molecular complexity index is 453. The van der Waals surface area contributed by atoms with Gasteiger partial charge in [-0.25, -0.2) is 9.97 Å². The van der Waals surface area contributed by atoms with Gasteiger partial charge in [-0.15, -0.1) is 0 Å². The number of hydrogen-bond donors (Lipinski definition) is 0. The third kappa shape index (κ3) is 9.77. The van der Waals surface area contributed by atoms with Gasteiger partial charge in [-0.05, 0) is 49.5 Å². The van der Waals surface area contributed by atoms with Crippen molar-refractivity contribution in [1.29, 1.82) is 0 Å². The van der Waals surface area contributed by atoms with Crippen LogP contribution in [0.1, 0.15) is 98.4 Å². The summed E-state index contributed by atoms with van der Waals surface area (Å²) < 4.78 is 0. The molecule has 0 fully saturated rings. The fourth-order valence-corrected chi connectivity index (χ4v) is 3.27. The number of allylic oxidation sites excluding steroid dienone is 2. The van der Waals surface area contributed by atoms with Crippen LogP contribution in [0.5, 0.6) is 0 Å². The van der Waals surface area contributed by atoms with Crippen molar-refractivity contribution >= 4 is 0 Å². The first-order valence-electron chi connectivity index (χ1n) is 10.1. The fourth-order valence-electron chi connectivity index (χ4n) is 3.27.